The van der Waals surface area contributed by atoms with Gasteiger partial charge in [0.2, 0.25) is 0 Å². The SMILES string of the molecule is ON1NCC2CCCC1(O)C2. The van der Waals surface area contributed by atoms with Crippen molar-refractivity contribution in [3.05, 3.63) is 0 Å². The second kappa shape index (κ2) is 2.42. The van der Waals surface area contributed by atoms with Gasteiger partial charge in [0.15, 0.2) is 5.72 Å². The van der Waals surface area contributed by atoms with E-state index in [2.05, 4.69) is 5.43 Å². The minimum atomic E-state index is -0.985. The summed E-state index contributed by atoms with van der Waals surface area (Å²) in [6, 6.07) is 0. The third-order valence-corrected chi connectivity index (χ3v) is 2.73. The summed E-state index contributed by atoms with van der Waals surface area (Å²) in [6.45, 7) is 0.790. The average molecular weight is 158 g/mol. The fourth-order valence-electron chi connectivity index (χ4n) is 2.07. The van der Waals surface area contributed by atoms with E-state index in [0.717, 1.165) is 18.1 Å². The summed E-state index contributed by atoms with van der Waals surface area (Å²) in [5.41, 5.74) is 1.78. The zero-order valence-corrected chi connectivity index (χ0v) is 6.45. The fraction of sp³-hybridized carbons (Fsp3) is 1.00. The van der Waals surface area contributed by atoms with Crippen LogP contribution in [0.4, 0.5) is 0 Å². The Morgan fingerprint density at radius 2 is 2.36 bits per heavy atom. The van der Waals surface area contributed by atoms with E-state index in [1.165, 1.54) is 6.42 Å². The van der Waals surface area contributed by atoms with Crippen LogP contribution in [-0.2, 0) is 0 Å². The van der Waals surface area contributed by atoms with Gasteiger partial charge < -0.3 is 5.11 Å². The summed E-state index contributed by atoms with van der Waals surface area (Å²) in [7, 11) is 0. The molecule has 0 amide bonds. The van der Waals surface area contributed by atoms with Crippen molar-refractivity contribution in [1.82, 2.24) is 10.6 Å². The van der Waals surface area contributed by atoms with Gasteiger partial charge in [0.25, 0.3) is 0 Å². The molecular formula is C7H14N2O2. The van der Waals surface area contributed by atoms with E-state index in [9.17, 15) is 10.3 Å². The Balaban J connectivity index is 2.13. The molecule has 2 aliphatic rings. The van der Waals surface area contributed by atoms with Crippen molar-refractivity contribution in [2.45, 2.75) is 31.4 Å². The highest BCUT2D eigenvalue weighted by Crippen LogP contribution is 2.35. The first-order chi connectivity index (χ1) is 5.21. The summed E-state index contributed by atoms with van der Waals surface area (Å²) < 4.78 is 0. The van der Waals surface area contributed by atoms with Gasteiger partial charge in [-0.25, -0.2) is 5.43 Å². The monoisotopic (exact) mass is 158 g/mol. The first-order valence-electron chi connectivity index (χ1n) is 4.16. The Morgan fingerprint density at radius 3 is 3.09 bits per heavy atom. The smallest absolute Gasteiger partial charge is 0.156 e. The molecule has 1 aliphatic heterocycles. The minimum Gasteiger partial charge on any atom is -0.372 e. The second-order valence-electron chi connectivity index (χ2n) is 3.62. The molecule has 2 unspecified atom stereocenters. The molecule has 2 rings (SSSR count). The van der Waals surface area contributed by atoms with Crippen LogP contribution in [0.3, 0.4) is 0 Å². The van der Waals surface area contributed by atoms with Crippen molar-refractivity contribution in [3.8, 4) is 0 Å². The highest BCUT2D eigenvalue weighted by atomic mass is 16.6. The van der Waals surface area contributed by atoms with Crippen molar-refractivity contribution < 1.29 is 10.3 Å². The lowest BCUT2D eigenvalue weighted by Gasteiger charge is -2.46. The van der Waals surface area contributed by atoms with Gasteiger partial charge >= 0.3 is 0 Å². The maximum absolute atomic E-state index is 9.78. The van der Waals surface area contributed by atoms with Gasteiger partial charge in [-0.1, -0.05) is 5.17 Å². The number of hydroxylamine groups is 1. The lowest BCUT2D eigenvalue weighted by atomic mass is 9.82. The van der Waals surface area contributed by atoms with Crippen molar-refractivity contribution in [1.29, 1.82) is 0 Å². The fourth-order valence-corrected chi connectivity index (χ4v) is 2.07. The summed E-state index contributed by atoms with van der Waals surface area (Å²) in [5.74, 6) is 0.539. The zero-order chi connectivity index (χ0) is 7.90. The average Bonchev–Trinajstić information content (AvgIpc) is 1.98. The van der Waals surface area contributed by atoms with Gasteiger partial charge in [0.1, 0.15) is 0 Å². The van der Waals surface area contributed by atoms with Crippen molar-refractivity contribution >= 4 is 0 Å². The Kier molecular flexibility index (Phi) is 1.64. The predicted molar refractivity (Wildman–Crippen MR) is 38.5 cm³/mol. The summed E-state index contributed by atoms with van der Waals surface area (Å²) >= 11 is 0. The van der Waals surface area contributed by atoms with Crippen LogP contribution < -0.4 is 5.43 Å². The van der Waals surface area contributed by atoms with Crippen LogP contribution in [0.15, 0.2) is 0 Å². The molecule has 1 heterocycles. The number of hydrogen-bond acceptors (Lipinski definition) is 4. The molecule has 0 spiro atoms. The van der Waals surface area contributed by atoms with Gasteiger partial charge in [-0.2, -0.15) is 0 Å². The molecule has 0 aromatic carbocycles. The number of hydrogen-bond donors (Lipinski definition) is 3. The van der Waals surface area contributed by atoms with Crippen LogP contribution in [0.1, 0.15) is 25.7 Å². The maximum Gasteiger partial charge on any atom is 0.156 e. The molecule has 64 valence electrons. The molecular weight excluding hydrogens is 144 g/mol. The largest absolute Gasteiger partial charge is 0.372 e. The van der Waals surface area contributed by atoms with Gasteiger partial charge in [-0.15, -0.1) is 0 Å². The van der Waals surface area contributed by atoms with Gasteiger partial charge in [-0.05, 0) is 31.6 Å². The first-order valence-corrected chi connectivity index (χ1v) is 4.16. The van der Waals surface area contributed by atoms with Crippen molar-refractivity contribution in [2.75, 3.05) is 6.54 Å². The van der Waals surface area contributed by atoms with Crippen LogP contribution >= 0.6 is 0 Å². The number of fused-ring (bicyclic) bond motifs is 2. The van der Waals surface area contributed by atoms with E-state index in [4.69, 9.17) is 0 Å². The Hall–Kier alpha value is -0.160. The third-order valence-electron chi connectivity index (χ3n) is 2.73. The molecule has 0 aromatic rings. The normalized spacial score (nSPS) is 45.8. The molecule has 2 bridgehead atoms. The molecule has 3 N–H and O–H groups in total. The predicted octanol–water partition coefficient (Wildman–Crippen LogP) is 0.0746. The number of aliphatic hydroxyl groups is 1. The molecule has 2 atom stereocenters. The zero-order valence-electron chi connectivity index (χ0n) is 6.45. The highest BCUT2D eigenvalue weighted by Gasteiger charge is 2.42. The van der Waals surface area contributed by atoms with E-state index < -0.39 is 5.72 Å². The van der Waals surface area contributed by atoms with Gasteiger partial charge in [-0.3, -0.25) is 5.21 Å². The Labute approximate surface area is 65.7 Å². The van der Waals surface area contributed by atoms with Crippen LogP contribution in [-0.4, -0.2) is 27.8 Å². The maximum atomic E-state index is 9.78. The molecule has 0 radical (unpaired) electrons. The topological polar surface area (TPSA) is 55.7 Å². The van der Waals surface area contributed by atoms with Crippen LogP contribution in [0.25, 0.3) is 0 Å². The number of hydrazine groups is 1. The second-order valence-corrected chi connectivity index (χ2v) is 3.62. The highest BCUT2D eigenvalue weighted by molar-refractivity contribution is 4.86. The van der Waals surface area contributed by atoms with Gasteiger partial charge in [0, 0.05) is 6.54 Å². The molecule has 1 saturated carbocycles. The lowest BCUT2D eigenvalue weighted by molar-refractivity contribution is -0.324. The molecule has 4 heteroatoms. The Bertz CT molecular complexity index is 165. The minimum absolute atomic E-state index is 0.539. The van der Waals surface area contributed by atoms with E-state index in [1.54, 1.807) is 0 Å². The number of rotatable bonds is 0. The molecule has 1 saturated heterocycles. The number of nitrogens with zero attached hydrogens (tertiary/aromatic N) is 1. The van der Waals surface area contributed by atoms with E-state index in [0.29, 0.717) is 18.8 Å². The molecule has 4 nitrogen and oxygen atoms in total. The standard InChI is InChI=1S/C7H14N2O2/c10-7-3-1-2-6(4-7)5-8-9(7)11/h6,8,10-11H,1-5H2. The number of nitrogens with one attached hydrogen (secondary N) is 1. The van der Waals surface area contributed by atoms with Crippen LogP contribution in [0, 0.1) is 5.92 Å². The van der Waals surface area contributed by atoms with Crippen LogP contribution in [0.5, 0.6) is 0 Å². The first kappa shape index (κ1) is 7.49. The van der Waals surface area contributed by atoms with Crippen molar-refractivity contribution in [2.24, 2.45) is 5.92 Å². The van der Waals surface area contributed by atoms with Crippen LogP contribution in [0.2, 0.25) is 0 Å². The van der Waals surface area contributed by atoms with Gasteiger partial charge in [0.05, 0.1) is 0 Å². The quantitative estimate of drug-likeness (QED) is 0.467. The van der Waals surface area contributed by atoms with Crippen molar-refractivity contribution in [3.63, 3.8) is 0 Å². The van der Waals surface area contributed by atoms with E-state index in [1.807, 2.05) is 0 Å². The summed E-state index contributed by atoms with van der Waals surface area (Å²) in [6.07, 6.45) is 3.56. The van der Waals surface area contributed by atoms with E-state index >= 15 is 0 Å². The molecule has 0 aromatic heterocycles. The molecule has 11 heavy (non-hydrogen) atoms. The Morgan fingerprint density at radius 1 is 1.55 bits per heavy atom. The summed E-state index contributed by atoms with van der Waals surface area (Å²) in [4.78, 5) is 0. The lowest BCUT2D eigenvalue weighted by Crippen LogP contribution is -2.61. The van der Waals surface area contributed by atoms with E-state index in [-0.39, 0.29) is 0 Å². The third kappa shape index (κ3) is 1.16. The summed E-state index contributed by atoms with van der Waals surface area (Å²) in [5, 5.41) is 19.9. The molecule has 2 fully saturated rings. The molecule has 1 aliphatic carbocycles.